The van der Waals surface area contributed by atoms with Crippen LogP contribution in [0.3, 0.4) is 0 Å². The number of benzene rings is 1. The van der Waals surface area contributed by atoms with E-state index in [1.165, 1.54) is 0 Å². The molecule has 1 aromatic heterocycles. The van der Waals surface area contributed by atoms with Gasteiger partial charge in [-0.2, -0.15) is 0 Å². The quantitative estimate of drug-likeness (QED) is 0.847. The monoisotopic (exact) mass is 327 g/mol. The lowest BCUT2D eigenvalue weighted by molar-refractivity contribution is 0.0950. The number of hydrogen-bond acceptors (Lipinski definition) is 2. The average molecular weight is 327 g/mol. The summed E-state index contributed by atoms with van der Waals surface area (Å²) in [6, 6.07) is 7.45. The summed E-state index contributed by atoms with van der Waals surface area (Å²) >= 11 is 2.18. The van der Waals surface area contributed by atoms with E-state index in [0.717, 1.165) is 9.39 Å². The van der Waals surface area contributed by atoms with E-state index in [-0.39, 0.29) is 5.91 Å². The van der Waals surface area contributed by atoms with E-state index in [2.05, 4.69) is 37.9 Å². The van der Waals surface area contributed by atoms with Crippen molar-refractivity contribution >= 4 is 28.5 Å². The van der Waals surface area contributed by atoms with Gasteiger partial charge in [-0.05, 0) is 40.8 Å². The first-order chi connectivity index (χ1) is 7.75. The standard InChI is InChI=1S/C11H10IN3O/c12-9-3-1-2-8(6-9)11(16)15-7-10-13-4-5-14-10/h1-6H,7H2,(H,13,14)(H,15,16). The minimum Gasteiger partial charge on any atom is -0.347 e. The smallest absolute Gasteiger partial charge is 0.251 e. The molecule has 0 radical (unpaired) electrons. The number of aromatic amines is 1. The first-order valence-electron chi connectivity index (χ1n) is 4.78. The van der Waals surface area contributed by atoms with Crippen LogP contribution < -0.4 is 5.32 Å². The summed E-state index contributed by atoms with van der Waals surface area (Å²) in [5, 5.41) is 2.79. The van der Waals surface area contributed by atoms with Gasteiger partial charge in [-0.25, -0.2) is 4.98 Å². The summed E-state index contributed by atoms with van der Waals surface area (Å²) in [6.45, 7) is 0.414. The van der Waals surface area contributed by atoms with Crippen molar-refractivity contribution < 1.29 is 4.79 Å². The Morgan fingerprint density at radius 1 is 1.50 bits per heavy atom. The third-order valence-corrected chi connectivity index (χ3v) is 2.73. The molecule has 0 aliphatic rings. The second-order valence-corrected chi connectivity index (χ2v) is 4.47. The van der Waals surface area contributed by atoms with Crippen LogP contribution in [0.2, 0.25) is 0 Å². The number of nitrogens with one attached hydrogen (secondary N) is 2. The van der Waals surface area contributed by atoms with Crippen LogP contribution in [0.5, 0.6) is 0 Å². The lowest BCUT2D eigenvalue weighted by atomic mass is 10.2. The Balaban J connectivity index is 1.98. The molecular formula is C11H10IN3O. The van der Waals surface area contributed by atoms with Gasteiger partial charge in [-0.3, -0.25) is 4.79 Å². The highest BCUT2D eigenvalue weighted by Gasteiger charge is 2.05. The number of nitrogens with zero attached hydrogens (tertiary/aromatic N) is 1. The van der Waals surface area contributed by atoms with Gasteiger partial charge in [-0.15, -0.1) is 0 Å². The van der Waals surface area contributed by atoms with Gasteiger partial charge in [0.2, 0.25) is 0 Å². The first kappa shape index (κ1) is 11.1. The predicted octanol–water partition coefficient (Wildman–Crippen LogP) is 1.94. The van der Waals surface area contributed by atoms with Crippen molar-refractivity contribution in [1.82, 2.24) is 15.3 Å². The van der Waals surface area contributed by atoms with E-state index in [0.29, 0.717) is 12.1 Å². The highest BCUT2D eigenvalue weighted by Crippen LogP contribution is 2.07. The lowest BCUT2D eigenvalue weighted by Crippen LogP contribution is -2.23. The molecular weight excluding hydrogens is 317 g/mol. The summed E-state index contributed by atoms with van der Waals surface area (Å²) in [5.74, 6) is 0.661. The highest BCUT2D eigenvalue weighted by molar-refractivity contribution is 14.1. The molecule has 0 bridgehead atoms. The maximum absolute atomic E-state index is 11.7. The molecule has 82 valence electrons. The Morgan fingerprint density at radius 2 is 2.38 bits per heavy atom. The molecule has 0 unspecified atom stereocenters. The number of hydrogen-bond donors (Lipinski definition) is 2. The molecule has 2 rings (SSSR count). The van der Waals surface area contributed by atoms with Gasteiger partial charge < -0.3 is 10.3 Å². The van der Waals surface area contributed by atoms with Crippen LogP contribution >= 0.6 is 22.6 Å². The lowest BCUT2D eigenvalue weighted by Gasteiger charge is -2.03. The number of H-pyrrole nitrogens is 1. The van der Waals surface area contributed by atoms with Gasteiger partial charge in [0.25, 0.3) is 5.91 Å². The van der Waals surface area contributed by atoms with E-state index < -0.39 is 0 Å². The minimum absolute atomic E-state index is 0.0880. The Labute approximate surface area is 107 Å². The van der Waals surface area contributed by atoms with Crippen LogP contribution in [0.4, 0.5) is 0 Å². The largest absolute Gasteiger partial charge is 0.347 e. The van der Waals surface area contributed by atoms with Crippen molar-refractivity contribution in [3.8, 4) is 0 Å². The zero-order valence-electron chi connectivity index (χ0n) is 8.40. The van der Waals surface area contributed by atoms with Gasteiger partial charge in [-0.1, -0.05) is 6.07 Å². The van der Waals surface area contributed by atoms with E-state index in [4.69, 9.17) is 0 Å². The van der Waals surface area contributed by atoms with Gasteiger partial charge in [0.15, 0.2) is 0 Å². The topological polar surface area (TPSA) is 57.8 Å². The Bertz CT molecular complexity index is 482. The normalized spacial score (nSPS) is 10.1. The number of aromatic nitrogens is 2. The predicted molar refractivity (Wildman–Crippen MR) is 68.9 cm³/mol. The van der Waals surface area contributed by atoms with Gasteiger partial charge in [0, 0.05) is 21.5 Å². The average Bonchev–Trinajstić information content (AvgIpc) is 2.78. The molecule has 5 heteroatoms. The Hall–Kier alpha value is -1.37. The number of carbonyl (C=O) groups is 1. The molecule has 0 saturated carbocycles. The Morgan fingerprint density at radius 3 is 3.06 bits per heavy atom. The number of imidazole rings is 1. The fourth-order valence-corrected chi connectivity index (χ4v) is 1.83. The maximum atomic E-state index is 11.7. The second kappa shape index (κ2) is 5.11. The number of amides is 1. The summed E-state index contributed by atoms with van der Waals surface area (Å²) in [6.07, 6.45) is 3.39. The number of rotatable bonds is 3. The van der Waals surface area contributed by atoms with Gasteiger partial charge in [0.1, 0.15) is 5.82 Å². The number of carbonyl (C=O) groups excluding carboxylic acids is 1. The van der Waals surface area contributed by atoms with Crippen LogP contribution in [0.15, 0.2) is 36.7 Å². The van der Waals surface area contributed by atoms with Crippen LogP contribution in [-0.4, -0.2) is 15.9 Å². The fourth-order valence-electron chi connectivity index (χ4n) is 1.29. The molecule has 0 spiro atoms. The number of halogens is 1. The van der Waals surface area contributed by atoms with Gasteiger partial charge in [0.05, 0.1) is 6.54 Å². The summed E-state index contributed by atoms with van der Waals surface area (Å²) < 4.78 is 1.04. The minimum atomic E-state index is -0.0880. The SMILES string of the molecule is O=C(NCc1ncc[nH]1)c1cccc(I)c1. The fraction of sp³-hybridized carbons (Fsp3) is 0.0909. The maximum Gasteiger partial charge on any atom is 0.251 e. The van der Waals surface area contributed by atoms with Crippen molar-refractivity contribution in [1.29, 1.82) is 0 Å². The van der Waals surface area contributed by atoms with Crippen LogP contribution in [0.25, 0.3) is 0 Å². The molecule has 2 N–H and O–H groups in total. The highest BCUT2D eigenvalue weighted by atomic mass is 127. The van der Waals surface area contributed by atoms with Crippen molar-refractivity contribution in [3.05, 3.63) is 51.6 Å². The van der Waals surface area contributed by atoms with Gasteiger partial charge >= 0.3 is 0 Å². The molecule has 0 fully saturated rings. The second-order valence-electron chi connectivity index (χ2n) is 3.23. The molecule has 1 heterocycles. The van der Waals surface area contributed by atoms with E-state index in [9.17, 15) is 4.79 Å². The molecule has 0 atom stereocenters. The third kappa shape index (κ3) is 2.82. The molecule has 2 aromatic rings. The van der Waals surface area contributed by atoms with Crippen molar-refractivity contribution in [2.75, 3.05) is 0 Å². The summed E-state index contributed by atoms with van der Waals surface area (Å²) in [5.41, 5.74) is 0.665. The molecule has 4 nitrogen and oxygen atoms in total. The van der Waals surface area contributed by atoms with Crippen molar-refractivity contribution in [3.63, 3.8) is 0 Å². The van der Waals surface area contributed by atoms with E-state index in [1.54, 1.807) is 18.5 Å². The van der Waals surface area contributed by atoms with Crippen LogP contribution in [0.1, 0.15) is 16.2 Å². The van der Waals surface area contributed by atoms with E-state index in [1.807, 2.05) is 18.2 Å². The molecule has 16 heavy (non-hydrogen) atoms. The van der Waals surface area contributed by atoms with Crippen LogP contribution in [-0.2, 0) is 6.54 Å². The summed E-state index contributed by atoms with van der Waals surface area (Å²) in [7, 11) is 0. The molecule has 0 aliphatic heterocycles. The third-order valence-electron chi connectivity index (χ3n) is 2.06. The van der Waals surface area contributed by atoms with E-state index >= 15 is 0 Å². The molecule has 1 amide bonds. The van der Waals surface area contributed by atoms with Crippen LogP contribution in [0, 0.1) is 3.57 Å². The molecule has 0 saturated heterocycles. The van der Waals surface area contributed by atoms with Crippen molar-refractivity contribution in [2.24, 2.45) is 0 Å². The zero-order valence-corrected chi connectivity index (χ0v) is 10.6. The summed E-state index contributed by atoms with van der Waals surface area (Å²) in [4.78, 5) is 18.7. The first-order valence-corrected chi connectivity index (χ1v) is 5.85. The Kier molecular flexibility index (Phi) is 3.55. The molecule has 1 aromatic carbocycles. The van der Waals surface area contributed by atoms with Crippen molar-refractivity contribution in [2.45, 2.75) is 6.54 Å². The molecule has 0 aliphatic carbocycles. The zero-order chi connectivity index (χ0) is 11.4.